The van der Waals surface area contributed by atoms with Crippen LogP contribution in [0.5, 0.6) is 5.75 Å². The molecule has 0 amide bonds. The highest BCUT2D eigenvalue weighted by Crippen LogP contribution is 2.46. The van der Waals surface area contributed by atoms with Crippen molar-refractivity contribution in [1.29, 1.82) is 0 Å². The highest BCUT2D eigenvalue weighted by atomic mass is 35.5. The number of piperazine rings is 1. The average Bonchev–Trinajstić information content (AvgIpc) is 2.74. The van der Waals surface area contributed by atoms with Crippen molar-refractivity contribution in [3.8, 4) is 5.75 Å². The Hall–Kier alpha value is -1.21. The van der Waals surface area contributed by atoms with Gasteiger partial charge >= 0.3 is 0 Å². The van der Waals surface area contributed by atoms with Crippen LogP contribution >= 0.6 is 36.6 Å². The van der Waals surface area contributed by atoms with Crippen molar-refractivity contribution in [3.05, 3.63) is 59.7 Å². The Morgan fingerprint density at radius 2 is 1.60 bits per heavy atom. The molecule has 0 atom stereocenters. The van der Waals surface area contributed by atoms with Crippen LogP contribution in [0.1, 0.15) is 17.5 Å². The van der Waals surface area contributed by atoms with Gasteiger partial charge in [-0.3, -0.25) is 4.90 Å². The first-order valence-corrected chi connectivity index (χ1v) is 10.8. The van der Waals surface area contributed by atoms with Gasteiger partial charge in [-0.15, -0.1) is 24.8 Å². The maximum atomic E-state index is 9.09. The molecule has 0 unspecified atom stereocenters. The van der Waals surface area contributed by atoms with E-state index in [1.165, 1.54) is 26.5 Å². The Morgan fingerprint density at radius 1 is 0.933 bits per heavy atom. The van der Waals surface area contributed by atoms with E-state index in [0.717, 1.165) is 51.4 Å². The van der Waals surface area contributed by atoms with E-state index < -0.39 is 0 Å². The normalized spacial score (nSPS) is 17.5. The van der Waals surface area contributed by atoms with Gasteiger partial charge in [0.1, 0.15) is 5.75 Å². The summed E-state index contributed by atoms with van der Waals surface area (Å²) < 4.78 is 5.43. The van der Waals surface area contributed by atoms with Crippen molar-refractivity contribution in [2.24, 2.45) is 0 Å². The number of fused-ring (bicyclic) bond motifs is 2. The second-order valence-electron chi connectivity index (χ2n) is 7.27. The summed E-state index contributed by atoms with van der Waals surface area (Å²) >= 11 is 1.82. The van der Waals surface area contributed by atoms with Crippen LogP contribution in [0.3, 0.4) is 0 Å². The van der Waals surface area contributed by atoms with Crippen LogP contribution in [0.25, 0.3) is 5.57 Å². The van der Waals surface area contributed by atoms with E-state index in [9.17, 15) is 0 Å². The van der Waals surface area contributed by atoms with E-state index in [2.05, 4.69) is 58.3 Å². The van der Waals surface area contributed by atoms with Crippen molar-refractivity contribution < 1.29 is 9.84 Å². The summed E-state index contributed by atoms with van der Waals surface area (Å²) in [5, 5.41) is 9.09. The molecule has 0 aromatic heterocycles. The van der Waals surface area contributed by atoms with Gasteiger partial charge in [0.25, 0.3) is 0 Å². The predicted octanol–water partition coefficient (Wildman–Crippen LogP) is 4.44. The van der Waals surface area contributed by atoms with E-state index in [4.69, 9.17) is 9.84 Å². The smallest absolute Gasteiger partial charge is 0.120 e. The van der Waals surface area contributed by atoms with Gasteiger partial charge in [0, 0.05) is 49.1 Å². The minimum absolute atomic E-state index is 0. The van der Waals surface area contributed by atoms with E-state index in [0.29, 0.717) is 0 Å². The fraction of sp³-hybridized carbons (Fsp3) is 0.391. The number of halogens is 2. The Balaban J connectivity index is 0.00000160. The first-order valence-electron chi connectivity index (χ1n) is 10.00. The number of aliphatic hydroxyl groups is 1. The zero-order chi connectivity index (χ0) is 19.3. The molecule has 2 aliphatic rings. The molecule has 4 nitrogen and oxygen atoms in total. The molecule has 0 radical (unpaired) electrons. The van der Waals surface area contributed by atoms with Crippen molar-refractivity contribution in [3.63, 3.8) is 0 Å². The van der Waals surface area contributed by atoms with Gasteiger partial charge in [-0.2, -0.15) is 0 Å². The van der Waals surface area contributed by atoms with Gasteiger partial charge in [-0.05, 0) is 47.4 Å². The molecule has 2 aromatic rings. The lowest BCUT2D eigenvalue weighted by atomic mass is 9.96. The Bertz CT molecular complexity index is 855. The lowest BCUT2D eigenvalue weighted by Crippen LogP contribution is -2.47. The van der Waals surface area contributed by atoms with Crippen molar-refractivity contribution >= 4 is 42.1 Å². The predicted molar refractivity (Wildman–Crippen MR) is 130 cm³/mol. The second kappa shape index (κ2) is 12.0. The first-order chi connectivity index (χ1) is 13.8. The third-order valence-corrected chi connectivity index (χ3v) is 6.68. The van der Waals surface area contributed by atoms with Gasteiger partial charge in [-0.25, -0.2) is 0 Å². The molecule has 0 spiro atoms. The zero-order valence-corrected chi connectivity index (χ0v) is 19.7. The molecule has 1 N–H and O–H groups in total. The van der Waals surface area contributed by atoms with Crippen molar-refractivity contribution in [2.75, 3.05) is 53.0 Å². The number of benzene rings is 2. The maximum absolute atomic E-state index is 9.09. The highest BCUT2D eigenvalue weighted by molar-refractivity contribution is 7.99. The Labute approximate surface area is 196 Å². The maximum Gasteiger partial charge on any atom is 0.120 e. The van der Waals surface area contributed by atoms with Crippen LogP contribution in [0, 0.1) is 0 Å². The number of hydrogen-bond donors (Lipinski definition) is 1. The third-order valence-electron chi connectivity index (χ3n) is 5.55. The van der Waals surface area contributed by atoms with Gasteiger partial charge in [0.05, 0.1) is 13.7 Å². The third kappa shape index (κ3) is 5.72. The molecular formula is C23H30Cl2N2O2S. The van der Waals surface area contributed by atoms with Gasteiger partial charge in [0.15, 0.2) is 0 Å². The number of nitrogens with zero attached hydrogens (tertiary/aromatic N) is 2. The average molecular weight is 469 g/mol. The summed E-state index contributed by atoms with van der Waals surface area (Å²) in [6.45, 7) is 6.42. The standard InChI is InChI=1S/C23H28N2O2S.2ClH/c1-27-18-8-9-21-19(20-5-2-3-7-22(20)28-23(21)17-18)6-4-10-24-11-13-25(14-12-24)15-16-26;;/h2-3,5-9,17,26H,4,10-16H2,1H3;2*1H/b19-6-;;. The molecule has 164 valence electrons. The summed E-state index contributed by atoms with van der Waals surface area (Å²) in [5.74, 6) is 0.908. The molecule has 2 aromatic carbocycles. The highest BCUT2D eigenvalue weighted by Gasteiger charge is 2.21. The SMILES string of the molecule is COc1ccc2c(c1)Sc1ccccc1/C2=C/CCN1CCN(CCO)CC1.Cl.Cl. The molecule has 4 rings (SSSR count). The summed E-state index contributed by atoms with van der Waals surface area (Å²) in [6.07, 6.45) is 3.45. The number of aliphatic hydroxyl groups excluding tert-OH is 1. The summed E-state index contributed by atoms with van der Waals surface area (Å²) in [6, 6.07) is 15.1. The number of β-amino-alcohol motifs (C(OH)–C–C–N with tert-alkyl or cyclic N) is 1. The Kier molecular flexibility index (Phi) is 10.0. The molecule has 7 heteroatoms. The van der Waals surface area contributed by atoms with E-state index >= 15 is 0 Å². The van der Waals surface area contributed by atoms with Crippen molar-refractivity contribution in [2.45, 2.75) is 16.2 Å². The monoisotopic (exact) mass is 468 g/mol. The fourth-order valence-electron chi connectivity index (χ4n) is 3.97. The van der Waals surface area contributed by atoms with Gasteiger partial charge in [-0.1, -0.05) is 36.0 Å². The molecule has 2 aliphatic heterocycles. The number of hydrogen-bond acceptors (Lipinski definition) is 5. The van der Waals surface area contributed by atoms with Crippen LogP contribution in [0.4, 0.5) is 0 Å². The minimum Gasteiger partial charge on any atom is -0.497 e. The molecule has 0 saturated carbocycles. The summed E-state index contributed by atoms with van der Waals surface area (Å²) in [7, 11) is 1.72. The molecule has 0 aliphatic carbocycles. The summed E-state index contributed by atoms with van der Waals surface area (Å²) in [4.78, 5) is 7.45. The van der Waals surface area contributed by atoms with E-state index in [1.807, 2.05) is 11.8 Å². The lowest BCUT2D eigenvalue weighted by molar-refractivity contribution is 0.114. The molecule has 0 bridgehead atoms. The lowest BCUT2D eigenvalue weighted by Gasteiger charge is -2.34. The number of ether oxygens (including phenoxy) is 1. The van der Waals surface area contributed by atoms with Crippen LogP contribution in [-0.4, -0.2) is 67.9 Å². The molecule has 2 heterocycles. The molecular weight excluding hydrogens is 439 g/mol. The zero-order valence-electron chi connectivity index (χ0n) is 17.3. The van der Waals surface area contributed by atoms with Gasteiger partial charge in [0.2, 0.25) is 0 Å². The molecule has 1 fully saturated rings. The van der Waals surface area contributed by atoms with Crippen LogP contribution in [0.2, 0.25) is 0 Å². The van der Waals surface area contributed by atoms with Crippen LogP contribution in [0.15, 0.2) is 58.3 Å². The summed E-state index contributed by atoms with van der Waals surface area (Å²) in [5.41, 5.74) is 3.97. The fourth-order valence-corrected chi connectivity index (χ4v) is 5.10. The largest absolute Gasteiger partial charge is 0.497 e. The van der Waals surface area contributed by atoms with Crippen LogP contribution in [-0.2, 0) is 0 Å². The van der Waals surface area contributed by atoms with Crippen LogP contribution < -0.4 is 4.74 Å². The molecule has 30 heavy (non-hydrogen) atoms. The quantitative estimate of drug-likeness (QED) is 0.578. The van der Waals surface area contributed by atoms with Gasteiger partial charge < -0.3 is 14.7 Å². The van der Waals surface area contributed by atoms with E-state index in [-0.39, 0.29) is 31.4 Å². The van der Waals surface area contributed by atoms with Crippen molar-refractivity contribution in [1.82, 2.24) is 9.80 Å². The number of rotatable bonds is 6. The topological polar surface area (TPSA) is 35.9 Å². The second-order valence-corrected chi connectivity index (χ2v) is 8.36. The first kappa shape index (κ1) is 25.1. The number of methoxy groups -OCH3 is 1. The minimum atomic E-state index is 0. The molecule has 1 saturated heterocycles. The van der Waals surface area contributed by atoms with E-state index in [1.54, 1.807) is 7.11 Å². The Morgan fingerprint density at radius 3 is 2.30 bits per heavy atom.